The Hall–Kier alpha value is -2.13. The topological polar surface area (TPSA) is 105 Å². The molecule has 9 heteroatoms. The van der Waals surface area contributed by atoms with Gasteiger partial charge in [0.25, 0.3) is 10.1 Å². The van der Waals surface area contributed by atoms with Gasteiger partial charge in [-0.25, -0.2) is 0 Å². The van der Waals surface area contributed by atoms with Gasteiger partial charge in [-0.3, -0.25) is 13.8 Å². The highest BCUT2D eigenvalue weighted by molar-refractivity contribution is 7.85. The highest BCUT2D eigenvalue weighted by Gasteiger charge is 2.18. The maximum Gasteiger partial charge on any atom is 0.305 e. The lowest BCUT2D eigenvalue weighted by atomic mass is 9.96. The molecule has 0 saturated carbocycles. The standard InChI is InChI=1S/C24H38O8S/c1-5-6-15-24(31-19(2)25)32-22-14-11-13-20(21(22)16-17-23(26)29-3)12-9-7-8-10-18-30-33(4,27)28/h11,13-14,24H,5-10,12,15-18H2,1-4H3. The third-order valence-corrected chi connectivity index (χ3v) is 5.62. The summed E-state index contributed by atoms with van der Waals surface area (Å²) in [6.45, 7) is 3.61. The molecule has 8 nitrogen and oxygen atoms in total. The van der Waals surface area contributed by atoms with Crippen LogP contribution < -0.4 is 4.74 Å². The van der Waals surface area contributed by atoms with Gasteiger partial charge in [-0.05, 0) is 49.3 Å². The van der Waals surface area contributed by atoms with Crippen molar-refractivity contribution in [2.45, 2.75) is 84.3 Å². The van der Waals surface area contributed by atoms with Crippen molar-refractivity contribution in [3.8, 4) is 5.75 Å². The molecule has 0 bridgehead atoms. The van der Waals surface area contributed by atoms with Gasteiger partial charge >= 0.3 is 11.9 Å². The first-order valence-corrected chi connectivity index (χ1v) is 13.3. The van der Waals surface area contributed by atoms with E-state index in [1.807, 2.05) is 18.2 Å². The van der Waals surface area contributed by atoms with Gasteiger partial charge in [0, 0.05) is 19.8 Å². The summed E-state index contributed by atoms with van der Waals surface area (Å²) in [6.07, 6.45) is 7.58. The van der Waals surface area contributed by atoms with Crippen molar-refractivity contribution in [2.75, 3.05) is 20.0 Å². The molecule has 1 aromatic rings. The number of esters is 2. The second-order valence-corrected chi connectivity index (χ2v) is 9.60. The molecule has 1 unspecified atom stereocenters. The van der Waals surface area contributed by atoms with Crippen LogP contribution in [0.1, 0.15) is 76.3 Å². The summed E-state index contributed by atoms with van der Waals surface area (Å²) >= 11 is 0. The molecule has 1 atom stereocenters. The van der Waals surface area contributed by atoms with E-state index in [2.05, 4.69) is 6.92 Å². The van der Waals surface area contributed by atoms with Gasteiger partial charge in [0.05, 0.1) is 20.0 Å². The average Bonchev–Trinajstić information content (AvgIpc) is 2.74. The summed E-state index contributed by atoms with van der Waals surface area (Å²) in [6, 6.07) is 5.75. The molecular weight excluding hydrogens is 448 g/mol. The van der Waals surface area contributed by atoms with Crippen LogP contribution in [-0.2, 0) is 46.2 Å². The molecule has 0 aliphatic rings. The van der Waals surface area contributed by atoms with Crippen molar-refractivity contribution in [2.24, 2.45) is 0 Å². The summed E-state index contributed by atoms with van der Waals surface area (Å²) in [5, 5.41) is 0. The van der Waals surface area contributed by atoms with E-state index in [1.54, 1.807) is 0 Å². The van der Waals surface area contributed by atoms with Gasteiger partial charge in [-0.1, -0.05) is 38.3 Å². The molecule has 0 fully saturated rings. The van der Waals surface area contributed by atoms with Crippen LogP contribution in [0.3, 0.4) is 0 Å². The van der Waals surface area contributed by atoms with Crippen LogP contribution in [0, 0.1) is 0 Å². The minimum Gasteiger partial charge on any atom is -0.469 e. The highest BCUT2D eigenvalue weighted by atomic mass is 32.2. The zero-order chi connectivity index (χ0) is 24.7. The van der Waals surface area contributed by atoms with E-state index >= 15 is 0 Å². The molecule has 1 rings (SSSR count). The smallest absolute Gasteiger partial charge is 0.305 e. The number of rotatable bonds is 17. The summed E-state index contributed by atoms with van der Waals surface area (Å²) in [5.74, 6) is -0.0901. The largest absolute Gasteiger partial charge is 0.469 e. The van der Waals surface area contributed by atoms with Crippen molar-refractivity contribution in [1.82, 2.24) is 0 Å². The molecule has 0 radical (unpaired) electrons. The Labute approximate surface area is 198 Å². The van der Waals surface area contributed by atoms with Gasteiger partial charge in [0.1, 0.15) is 5.75 Å². The van der Waals surface area contributed by atoms with Gasteiger partial charge in [-0.15, -0.1) is 0 Å². The maximum absolute atomic E-state index is 11.8. The molecule has 0 heterocycles. The van der Waals surface area contributed by atoms with E-state index in [4.69, 9.17) is 18.4 Å². The van der Waals surface area contributed by atoms with Crippen LogP contribution in [-0.4, -0.2) is 46.6 Å². The van der Waals surface area contributed by atoms with Gasteiger partial charge in [-0.2, -0.15) is 8.42 Å². The van der Waals surface area contributed by atoms with Crippen molar-refractivity contribution in [1.29, 1.82) is 0 Å². The SMILES string of the molecule is CCCCC(OC(C)=O)Oc1cccc(CCCCCCOS(C)(=O)=O)c1CCC(=O)OC. The number of hydrogen-bond donors (Lipinski definition) is 0. The maximum atomic E-state index is 11.8. The van der Waals surface area contributed by atoms with Crippen LogP contribution in [0.15, 0.2) is 18.2 Å². The molecule has 0 amide bonds. The van der Waals surface area contributed by atoms with E-state index in [9.17, 15) is 18.0 Å². The molecule has 188 valence electrons. The van der Waals surface area contributed by atoms with E-state index in [-0.39, 0.29) is 19.0 Å². The number of hydrogen-bond acceptors (Lipinski definition) is 8. The van der Waals surface area contributed by atoms with E-state index in [0.717, 1.165) is 55.9 Å². The number of aryl methyl sites for hydroxylation is 1. The lowest BCUT2D eigenvalue weighted by Gasteiger charge is -2.22. The van der Waals surface area contributed by atoms with Gasteiger partial charge < -0.3 is 14.2 Å². The third-order valence-electron chi connectivity index (χ3n) is 5.02. The molecule has 1 aromatic carbocycles. The van der Waals surface area contributed by atoms with Crippen LogP contribution in [0.5, 0.6) is 5.75 Å². The number of carbonyl (C=O) groups is 2. The molecule has 0 spiro atoms. The van der Waals surface area contributed by atoms with E-state index in [1.165, 1.54) is 14.0 Å². The van der Waals surface area contributed by atoms with Crippen LogP contribution in [0.25, 0.3) is 0 Å². The predicted octanol–water partition coefficient (Wildman–Crippen LogP) is 4.33. The normalized spacial score (nSPS) is 12.2. The first-order valence-electron chi connectivity index (χ1n) is 11.5. The monoisotopic (exact) mass is 486 g/mol. The zero-order valence-electron chi connectivity index (χ0n) is 20.3. The molecular formula is C24H38O8S. The number of benzene rings is 1. The highest BCUT2D eigenvalue weighted by Crippen LogP contribution is 2.28. The number of methoxy groups -OCH3 is 1. The Morgan fingerprint density at radius 2 is 1.76 bits per heavy atom. The van der Waals surface area contributed by atoms with Crippen LogP contribution in [0.2, 0.25) is 0 Å². The summed E-state index contributed by atoms with van der Waals surface area (Å²) in [5.41, 5.74) is 1.98. The van der Waals surface area contributed by atoms with Crippen molar-refractivity contribution < 1.29 is 36.4 Å². The second-order valence-electron chi connectivity index (χ2n) is 7.96. The first-order chi connectivity index (χ1) is 15.7. The average molecular weight is 487 g/mol. The number of unbranched alkanes of at least 4 members (excludes halogenated alkanes) is 4. The fourth-order valence-electron chi connectivity index (χ4n) is 3.39. The predicted molar refractivity (Wildman–Crippen MR) is 125 cm³/mol. The molecule has 0 aromatic heterocycles. The Balaban J connectivity index is 2.84. The van der Waals surface area contributed by atoms with Crippen molar-refractivity contribution in [3.63, 3.8) is 0 Å². The Bertz CT molecular complexity index is 835. The van der Waals surface area contributed by atoms with Crippen LogP contribution >= 0.6 is 0 Å². The molecule has 0 aliphatic carbocycles. The van der Waals surface area contributed by atoms with Gasteiger partial charge in [0.2, 0.25) is 6.29 Å². The number of carbonyl (C=O) groups excluding carboxylic acids is 2. The fraction of sp³-hybridized carbons (Fsp3) is 0.667. The third kappa shape index (κ3) is 13.2. The zero-order valence-corrected chi connectivity index (χ0v) is 21.1. The first kappa shape index (κ1) is 28.9. The molecule has 0 aliphatic heterocycles. The lowest BCUT2D eigenvalue weighted by Crippen LogP contribution is -2.24. The fourth-order valence-corrected chi connectivity index (χ4v) is 3.81. The Kier molecular flexibility index (Phi) is 13.7. The second kappa shape index (κ2) is 15.7. The Morgan fingerprint density at radius 1 is 1.03 bits per heavy atom. The van der Waals surface area contributed by atoms with Crippen LogP contribution in [0.4, 0.5) is 0 Å². The minimum atomic E-state index is -3.39. The Morgan fingerprint density at radius 3 is 2.39 bits per heavy atom. The number of ether oxygens (including phenoxy) is 3. The van der Waals surface area contributed by atoms with E-state index in [0.29, 0.717) is 25.0 Å². The summed E-state index contributed by atoms with van der Waals surface area (Å²) < 4.78 is 43.0. The minimum absolute atomic E-state index is 0.196. The van der Waals surface area contributed by atoms with Gasteiger partial charge in [0.15, 0.2) is 0 Å². The summed E-state index contributed by atoms with van der Waals surface area (Å²) in [7, 11) is -2.03. The quantitative estimate of drug-likeness (QED) is 0.139. The van der Waals surface area contributed by atoms with Crippen molar-refractivity contribution in [3.05, 3.63) is 29.3 Å². The summed E-state index contributed by atoms with van der Waals surface area (Å²) in [4.78, 5) is 23.3. The van der Waals surface area contributed by atoms with Crippen molar-refractivity contribution >= 4 is 22.1 Å². The lowest BCUT2D eigenvalue weighted by molar-refractivity contribution is -0.161. The molecule has 33 heavy (non-hydrogen) atoms. The van der Waals surface area contributed by atoms with E-state index < -0.39 is 22.4 Å². The molecule has 0 N–H and O–H groups in total. The molecule has 0 saturated heterocycles.